The number of morpholine rings is 1. The molecule has 0 saturated carbocycles. The number of benzene rings is 2. The zero-order chi connectivity index (χ0) is 26.5. The summed E-state index contributed by atoms with van der Waals surface area (Å²) < 4.78 is 11.2. The van der Waals surface area contributed by atoms with Crippen LogP contribution in [0.2, 0.25) is 0 Å². The Morgan fingerprint density at radius 1 is 1.11 bits per heavy atom. The van der Waals surface area contributed by atoms with Gasteiger partial charge in [-0.15, -0.1) is 0 Å². The van der Waals surface area contributed by atoms with E-state index in [9.17, 15) is 14.7 Å². The Morgan fingerprint density at radius 3 is 2.46 bits per heavy atom. The number of ketones is 1. The third-order valence-electron chi connectivity index (χ3n) is 7.08. The number of quaternary nitrogens is 1. The number of nitrogens with one attached hydrogen (secondary N) is 1. The lowest BCUT2D eigenvalue weighted by Gasteiger charge is -2.29. The summed E-state index contributed by atoms with van der Waals surface area (Å²) in [7, 11) is 0. The molecule has 2 aliphatic rings. The second-order valence-corrected chi connectivity index (χ2v) is 10.5. The summed E-state index contributed by atoms with van der Waals surface area (Å²) in [5.74, 6) is -0.623. The minimum atomic E-state index is -0.700. The van der Waals surface area contributed by atoms with Crippen LogP contribution in [0.4, 0.5) is 0 Å². The van der Waals surface area contributed by atoms with E-state index in [2.05, 4.69) is 13.8 Å². The molecule has 2 aromatic carbocycles. The number of ether oxygens (including phenoxy) is 2. The lowest BCUT2D eigenvalue weighted by atomic mass is 9.93. The van der Waals surface area contributed by atoms with Gasteiger partial charge in [0, 0.05) is 18.5 Å². The van der Waals surface area contributed by atoms with Crippen LogP contribution in [0.25, 0.3) is 5.76 Å². The van der Waals surface area contributed by atoms with Gasteiger partial charge in [0.05, 0.1) is 32.4 Å². The van der Waals surface area contributed by atoms with Gasteiger partial charge in [-0.2, -0.15) is 0 Å². The lowest BCUT2D eigenvalue weighted by Crippen LogP contribution is -3.14. The second kappa shape index (κ2) is 11.9. The van der Waals surface area contributed by atoms with Crippen LogP contribution in [0.3, 0.4) is 0 Å². The van der Waals surface area contributed by atoms with Crippen LogP contribution in [-0.2, 0) is 14.3 Å². The van der Waals surface area contributed by atoms with Gasteiger partial charge in [0.2, 0.25) is 5.78 Å². The Bertz CT molecular complexity index is 1150. The van der Waals surface area contributed by atoms with E-state index in [4.69, 9.17) is 9.47 Å². The lowest BCUT2D eigenvalue weighted by molar-refractivity contribution is -0.908. The van der Waals surface area contributed by atoms with Gasteiger partial charge in [-0.05, 0) is 48.6 Å². The predicted octanol–water partition coefficient (Wildman–Crippen LogP) is 1.87. The number of carbonyl (C=O) groups excluding carboxylic acids is 2. The van der Waals surface area contributed by atoms with Gasteiger partial charge in [-0.1, -0.05) is 55.5 Å². The molecule has 2 fully saturated rings. The van der Waals surface area contributed by atoms with Gasteiger partial charge in [0.25, 0.3) is 5.91 Å². The van der Waals surface area contributed by atoms with E-state index in [0.29, 0.717) is 30.4 Å². The molecule has 4 rings (SSSR count). The number of hydrogen-bond acceptors (Lipinski definition) is 5. The molecule has 0 bridgehead atoms. The van der Waals surface area contributed by atoms with Crippen molar-refractivity contribution < 1.29 is 29.1 Å². The number of amides is 1. The van der Waals surface area contributed by atoms with Crippen LogP contribution in [0.5, 0.6) is 5.75 Å². The fraction of sp³-hybridized carbons (Fsp3) is 0.467. The van der Waals surface area contributed by atoms with Crippen molar-refractivity contribution in [3.8, 4) is 5.75 Å². The number of hydrogen-bond donors (Lipinski definition) is 1. The Kier molecular flexibility index (Phi) is 8.67. The van der Waals surface area contributed by atoms with Crippen molar-refractivity contribution in [3.63, 3.8) is 0 Å². The molecular formula is C30H38N2O5. The van der Waals surface area contributed by atoms with Crippen molar-refractivity contribution in [1.29, 1.82) is 0 Å². The summed E-state index contributed by atoms with van der Waals surface area (Å²) in [5.41, 5.74) is 3.02. The quantitative estimate of drug-likeness (QED) is 0.319. The van der Waals surface area contributed by atoms with E-state index >= 15 is 0 Å². The van der Waals surface area contributed by atoms with E-state index in [1.807, 2.05) is 44.2 Å². The first kappa shape index (κ1) is 26.9. The summed E-state index contributed by atoms with van der Waals surface area (Å²) in [6.45, 7) is 13.2. The molecule has 0 radical (unpaired) electrons. The fourth-order valence-electron chi connectivity index (χ4n) is 4.99. The molecule has 2 heterocycles. The molecule has 7 heteroatoms. The fourth-order valence-corrected chi connectivity index (χ4v) is 4.99. The Hall–Kier alpha value is -3.16. The van der Waals surface area contributed by atoms with Crippen LogP contribution in [0.1, 0.15) is 48.6 Å². The maximum atomic E-state index is 13.8. The predicted molar refractivity (Wildman–Crippen MR) is 140 cm³/mol. The summed E-state index contributed by atoms with van der Waals surface area (Å²) in [5, 5.41) is 13.8. The first-order valence-corrected chi connectivity index (χ1v) is 13.2. The van der Waals surface area contributed by atoms with Crippen LogP contribution >= 0.6 is 0 Å². The maximum absolute atomic E-state index is 13.8. The number of carbonyl (C=O) groups is 2. The first-order valence-electron chi connectivity index (χ1n) is 13.2. The maximum Gasteiger partial charge on any atom is 0.295 e. The number of Topliss-reactive ketones (excluding diaryl/α,β-unsaturated/α-hetero) is 1. The minimum Gasteiger partial charge on any atom is -0.872 e. The zero-order valence-electron chi connectivity index (χ0n) is 22.3. The molecule has 198 valence electrons. The van der Waals surface area contributed by atoms with E-state index in [1.165, 1.54) is 4.90 Å². The normalized spacial score (nSPS) is 20.1. The first-order chi connectivity index (χ1) is 17.8. The van der Waals surface area contributed by atoms with Gasteiger partial charge < -0.3 is 24.4 Å². The molecule has 2 aromatic rings. The van der Waals surface area contributed by atoms with Crippen molar-refractivity contribution in [3.05, 3.63) is 70.3 Å². The third kappa shape index (κ3) is 6.22. The van der Waals surface area contributed by atoms with Gasteiger partial charge in [0.1, 0.15) is 18.8 Å². The monoisotopic (exact) mass is 506 g/mol. The number of aryl methyl sites for hydroxylation is 2. The van der Waals surface area contributed by atoms with Gasteiger partial charge in [0.15, 0.2) is 0 Å². The third-order valence-corrected chi connectivity index (χ3v) is 7.08. The minimum absolute atomic E-state index is 0.0338. The van der Waals surface area contributed by atoms with Crippen LogP contribution in [-0.4, -0.2) is 62.6 Å². The molecule has 0 aliphatic carbocycles. The molecule has 2 saturated heterocycles. The van der Waals surface area contributed by atoms with Gasteiger partial charge >= 0.3 is 0 Å². The highest BCUT2D eigenvalue weighted by molar-refractivity contribution is 6.46. The molecule has 1 unspecified atom stereocenters. The summed E-state index contributed by atoms with van der Waals surface area (Å²) in [6.07, 6.45) is 0.749. The average Bonchev–Trinajstić information content (AvgIpc) is 3.13. The van der Waals surface area contributed by atoms with Crippen LogP contribution in [0.15, 0.2) is 48.0 Å². The Labute approximate surface area is 219 Å². The van der Waals surface area contributed by atoms with E-state index in [0.717, 1.165) is 56.0 Å². The van der Waals surface area contributed by atoms with Crippen molar-refractivity contribution in [1.82, 2.24) is 4.90 Å². The molecule has 1 N–H and O–H groups in total. The molecule has 2 aliphatic heterocycles. The molecule has 0 aromatic heterocycles. The molecule has 37 heavy (non-hydrogen) atoms. The summed E-state index contributed by atoms with van der Waals surface area (Å²) in [6, 6.07) is 12.3. The van der Waals surface area contributed by atoms with Crippen molar-refractivity contribution in [2.75, 3.05) is 46.0 Å². The van der Waals surface area contributed by atoms with E-state index < -0.39 is 23.5 Å². The van der Waals surface area contributed by atoms with Crippen LogP contribution < -0.4 is 14.7 Å². The molecule has 1 atom stereocenters. The number of nitrogens with zero attached hydrogens (tertiary/aromatic N) is 1. The topological polar surface area (TPSA) is 83.3 Å². The van der Waals surface area contributed by atoms with Gasteiger partial charge in [-0.25, -0.2) is 0 Å². The molecular weight excluding hydrogens is 468 g/mol. The Balaban J connectivity index is 1.65. The summed E-state index contributed by atoms with van der Waals surface area (Å²) >= 11 is 0. The van der Waals surface area contributed by atoms with Gasteiger partial charge in [-0.3, -0.25) is 9.59 Å². The average molecular weight is 507 g/mol. The SMILES string of the molecule is Cc1ccc(C2/C(=C(\[O-])c3ccc(OCC(C)C)cc3C)C(=O)C(=O)N2CCC[NH+]2CCOCC2)cc1. The van der Waals surface area contributed by atoms with Crippen molar-refractivity contribution >= 4 is 17.4 Å². The van der Waals surface area contributed by atoms with Crippen LogP contribution in [0, 0.1) is 19.8 Å². The largest absolute Gasteiger partial charge is 0.872 e. The highest BCUT2D eigenvalue weighted by Crippen LogP contribution is 2.39. The molecule has 1 amide bonds. The molecule has 7 nitrogen and oxygen atoms in total. The smallest absolute Gasteiger partial charge is 0.295 e. The number of likely N-dealkylation sites (tertiary alicyclic amines) is 1. The van der Waals surface area contributed by atoms with E-state index in [-0.39, 0.29) is 5.57 Å². The standard InChI is InChI=1S/C30H38N2O5/c1-20(2)19-37-24-10-11-25(22(4)18-24)28(33)26-27(23-8-6-21(3)7-9-23)32(30(35)29(26)34)13-5-12-31-14-16-36-17-15-31/h6-11,18,20,27,33H,5,12-17,19H2,1-4H3/b28-26+. The highest BCUT2D eigenvalue weighted by atomic mass is 16.5. The summed E-state index contributed by atoms with van der Waals surface area (Å²) in [4.78, 5) is 29.6. The van der Waals surface area contributed by atoms with Crippen molar-refractivity contribution in [2.24, 2.45) is 5.92 Å². The van der Waals surface area contributed by atoms with Crippen molar-refractivity contribution in [2.45, 2.75) is 40.2 Å². The zero-order valence-corrected chi connectivity index (χ0v) is 22.3. The highest BCUT2D eigenvalue weighted by Gasteiger charge is 2.44. The number of rotatable bonds is 9. The second-order valence-electron chi connectivity index (χ2n) is 10.5. The van der Waals surface area contributed by atoms with E-state index in [1.54, 1.807) is 17.0 Å². The molecule has 0 spiro atoms. The Morgan fingerprint density at radius 2 is 1.81 bits per heavy atom.